The van der Waals surface area contributed by atoms with Gasteiger partial charge in [0.05, 0.1) is 0 Å². The average Bonchev–Trinajstić information content (AvgIpc) is 2.89. The molecular formula is C12H16N4S3. The molecule has 7 heteroatoms. The molecule has 0 aliphatic carbocycles. The first-order valence-corrected chi connectivity index (χ1v) is 8.89. The SMILES string of the molecule is CCCNCc1cccnc1Sc1nnc(SC)s1. The molecular weight excluding hydrogens is 296 g/mol. The van der Waals surface area contributed by atoms with Gasteiger partial charge in [0.2, 0.25) is 0 Å². The molecule has 102 valence electrons. The van der Waals surface area contributed by atoms with Crippen LogP contribution >= 0.6 is 34.9 Å². The highest BCUT2D eigenvalue weighted by Gasteiger charge is 2.09. The van der Waals surface area contributed by atoms with E-state index in [1.54, 1.807) is 34.9 Å². The summed E-state index contributed by atoms with van der Waals surface area (Å²) in [6.07, 6.45) is 4.97. The van der Waals surface area contributed by atoms with Crippen molar-refractivity contribution < 1.29 is 0 Å². The van der Waals surface area contributed by atoms with Crippen molar-refractivity contribution in [3.8, 4) is 0 Å². The van der Waals surface area contributed by atoms with Crippen LogP contribution in [-0.4, -0.2) is 28.0 Å². The molecule has 4 nitrogen and oxygen atoms in total. The van der Waals surface area contributed by atoms with Gasteiger partial charge in [0.25, 0.3) is 0 Å². The number of nitrogens with zero attached hydrogens (tertiary/aromatic N) is 3. The summed E-state index contributed by atoms with van der Waals surface area (Å²) in [5, 5.41) is 12.7. The molecule has 0 fully saturated rings. The molecule has 0 radical (unpaired) electrons. The summed E-state index contributed by atoms with van der Waals surface area (Å²) < 4.78 is 1.93. The van der Waals surface area contributed by atoms with Crippen LogP contribution in [0.2, 0.25) is 0 Å². The van der Waals surface area contributed by atoms with Gasteiger partial charge in [0.1, 0.15) is 5.03 Å². The van der Waals surface area contributed by atoms with Crippen molar-refractivity contribution in [1.29, 1.82) is 0 Å². The molecule has 0 aliphatic rings. The standard InChI is InChI=1S/C12H16N4S3/c1-3-6-13-8-9-5-4-7-14-10(9)18-12-16-15-11(17-2)19-12/h4-5,7,13H,3,6,8H2,1-2H3. The van der Waals surface area contributed by atoms with Gasteiger partial charge in [-0.3, -0.25) is 0 Å². The van der Waals surface area contributed by atoms with Crippen LogP contribution in [0.3, 0.4) is 0 Å². The van der Waals surface area contributed by atoms with Crippen molar-refractivity contribution in [3.05, 3.63) is 23.9 Å². The van der Waals surface area contributed by atoms with Crippen LogP contribution in [0.15, 0.2) is 32.0 Å². The molecule has 2 aromatic rings. The van der Waals surface area contributed by atoms with E-state index in [2.05, 4.69) is 33.5 Å². The summed E-state index contributed by atoms with van der Waals surface area (Å²) in [6, 6.07) is 4.08. The fraction of sp³-hybridized carbons (Fsp3) is 0.417. The molecule has 19 heavy (non-hydrogen) atoms. The van der Waals surface area contributed by atoms with Crippen molar-refractivity contribution in [2.45, 2.75) is 33.6 Å². The second-order valence-electron chi connectivity index (χ2n) is 3.78. The zero-order valence-corrected chi connectivity index (χ0v) is 13.4. The third-order valence-electron chi connectivity index (χ3n) is 2.34. The molecule has 0 aromatic carbocycles. The number of rotatable bonds is 7. The van der Waals surface area contributed by atoms with Crippen molar-refractivity contribution >= 4 is 34.9 Å². The maximum Gasteiger partial charge on any atom is 0.181 e. The minimum Gasteiger partial charge on any atom is -0.313 e. The first-order chi connectivity index (χ1) is 9.33. The molecule has 0 bridgehead atoms. The molecule has 2 heterocycles. The normalized spacial score (nSPS) is 10.8. The van der Waals surface area contributed by atoms with Crippen LogP contribution in [0.25, 0.3) is 0 Å². The zero-order valence-electron chi connectivity index (χ0n) is 10.9. The minimum atomic E-state index is 0.845. The van der Waals surface area contributed by atoms with Gasteiger partial charge in [-0.05, 0) is 42.6 Å². The zero-order chi connectivity index (χ0) is 13.5. The quantitative estimate of drug-likeness (QED) is 0.625. The van der Waals surface area contributed by atoms with E-state index in [1.165, 1.54) is 5.56 Å². The van der Waals surface area contributed by atoms with Crippen LogP contribution in [0.1, 0.15) is 18.9 Å². The summed E-state index contributed by atoms with van der Waals surface area (Å²) >= 11 is 4.82. The Bertz CT molecular complexity index is 515. The van der Waals surface area contributed by atoms with Crippen molar-refractivity contribution in [2.24, 2.45) is 0 Å². The van der Waals surface area contributed by atoms with E-state index in [0.717, 1.165) is 33.2 Å². The lowest BCUT2D eigenvalue weighted by molar-refractivity contribution is 0.665. The Morgan fingerprint density at radius 1 is 1.32 bits per heavy atom. The number of nitrogens with one attached hydrogen (secondary N) is 1. The number of pyridine rings is 1. The second kappa shape index (κ2) is 7.84. The highest BCUT2D eigenvalue weighted by Crippen LogP contribution is 2.33. The first kappa shape index (κ1) is 14.8. The number of hydrogen-bond donors (Lipinski definition) is 1. The van der Waals surface area contributed by atoms with E-state index in [1.807, 2.05) is 18.5 Å². The Labute approximate surface area is 125 Å². The Morgan fingerprint density at radius 2 is 2.16 bits per heavy atom. The maximum absolute atomic E-state index is 4.44. The summed E-state index contributed by atoms with van der Waals surface area (Å²) in [5.74, 6) is 0. The van der Waals surface area contributed by atoms with Crippen molar-refractivity contribution in [1.82, 2.24) is 20.5 Å². The molecule has 0 atom stereocenters. The molecule has 0 saturated carbocycles. The van der Waals surface area contributed by atoms with Crippen LogP contribution in [0.5, 0.6) is 0 Å². The monoisotopic (exact) mass is 312 g/mol. The third-order valence-corrected chi connectivity index (χ3v) is 5.35. The Balaban J connectivity index is 2.06. The van der Waals surface area contributed by atoms with Gasteiger partial charge >= 0.3 is 0 Å². The Hall–Kier alpha value is -0.630. The van der Waals surface area contributed by atoms with E-state index >= 15 is 0 Å². The predicted octanol–water partition coefficient (Wildman–Crippen LogP) is 3.31. The van der Waals surface area contributed by atoms with Gasteiger partial charge in [-0.15, -0.1) is 10.2 Å². The van der Waals surface area contributed by atoms with Gasteiger partial charge in [-0.1, -0.05) is 36.1 Å². The molecule has 2 rings (SSSR count). The van der Waals surface area contributed by atoms with E-state index in [-0.39, 0.29) is 0 Å². The van der Waals surface area contributed by atoms with E-state index in [0.29, 0.717) is 0 Å². The van der Waals surface area contributed by atoms with Crippen LogP contribution < -0.4 is 5.32 Å². The predicted molar refractivity (Wildman–Crippen MR) is 82.0 cm³/mol. The molecule has 2 aromatic heterocycles. The molecule has 0 unspecified atom stereocenters. The lowest BCUT2D eigenvalue weighted by atomic mass is 10.3. The molecule has 0 amide bonds. The fourth-order valence-electron chi connectivity index (χ4n) is 1.45. The van der Waals surface area contributed by atoms with Gasteiger partial charge < -0.3 is 5.32 Å². The summed E-state index contributed by atoms with van der Waals surface area (Å²) in [6.45, 7) is 4.03. The van der Waals surface area contributed by atoms with Crippen LogP contribution in [0, 0.1) is 0 Å². The maximum atomic E-state index is 4.44. The number of aromatic nitrogens is 3. The Kier molecular flexibility index (Phi) is 6.09. The van der Waals surface area contributed by atoms with E-state index in [4.69, 9.17) is 0 Å². The minimum absolute atomic E-state index is 0.845. The van der Waals surface area contributed by atoms with Crippen LogP contribution in [0.4, 0.5) is 0 Å². The largest absolute Gasteiger partial charge is 0.313 e. The lowest BCUT2D eigenvalue weighted by Crippen LogP contribution is -2.14. The third kappa shape index (κ3) is 4.45. The fourth-order valence-corrected chi connectivity index (χ4v) is 3.89. The van der Waals surface area contributed by atoms with Gasteiger partial charge in [0.15, 0.2) is 8.68 Å². The van der Waals surface area contributed by atoms with E-state index in [9.17, 15) is 0 Å². The highest BCUT2D eigenvalue weighted by atomic mass is 32.2. The number of hydrogen-bond acceptors (Lipinski definition) is 7. The Morgan fingerprint density at radius 3 is 2.89 bits per heavy atom. The van der Waals surface area contributed by atoms with Gasteiger partial charge in [-0.25, -0.2) is 4.98 Å². The van der Waals surface area contributed by atoms with Gasteiger partial charge in [0, 0.05) is 12.7 Å². The lowest BCUT2D eigenvalue weighted by Gasteiger charge is -2.07. The van der Waals surface area contributed by atoms with Gasteiger partial charge in [-0.2, -0.15) is 0 Å². The smallest absolute Gasteiger partial charge is 0.181 e. The topological polar surface area (TPSA) is 50.7 Å². The first-order valence-electron chi connectivity index (χ1n) is 6.03. The van der Waals surface area contributed by atoms with Crippen LogP contribution in [-0.2, 0) is 6.54 Å². The molecule has 0 saturated heterocycles. The molecule has 0 spiro atoms. The summed E-state index contributed by atoms with van der Waals surface area (Å²) in [4.78, 5) is 4.44. The van der Waals surface area contributed by atoms with Crippen molar-refractivity contribution in [2.75, 3.05) is 12.8 Å². The second-order valence-corrected chi connectivity index (χ2v) is 7.05. The van der Waals surface area contributed by atoms with E-state index < -0.39 is 0 Å². The average molecular weight is 312 g/mol. The summed E-state index contributed by atoms with van der Waals surface area (Å²) in [5.41, 5.74) is 1.21. The number of thioether (sulfide) groups is 1. The van der Waals surface area contributed by atoms with Crippen molar-refractivity contribution in [3.63, 3.8) is 0 Å². The summed E-state index contributed by atoms with van der Waals surface area (Å²) in [7, 11) is 0. The molecule has 1 N–H and O–H groups in total. The highest BCUT2D eigenvalue weighted by molar-refractivity contribution is 8.03. The molecule has 0 aliphatic heterocycles.